The van der Waals surface area contributed by atoms with E-state index in [-0.39, 0.29) is 11.3 Å². The molecule has 1 aromatic carbocycles. The Morgan fingerprint density at radius 2 is 2.25 bits per heavy atom. The molecule has 0 heterocycles. The minimum atomic E-state index is -0.416. The number of halogens is 2. The number of benzene rings is 1. The van der Waals surface area contributed by atoms with Crippen molar-refractivity contribution in [2.24, 2.45) is 0 Å². The molecule has 3 heteroatoms. The first-order valence-electron chi connectivity index (χ1n) is 3.27. The van der Waals surface area contributed by atoms with Crippen molar-refractivity contribution < 1.29 is 9.50 Å². The van der Waals surface area contributed by atoms with Gasteiger partial charge in [0.1, 0.15) is 11.6 Å². The van der Waals surface area contributed by atoms with Gasteiger partial charge in [-0.3, -0.25) is 0 Å². The fourth-order valence-electron chi connectivity index (χ4n) is 0.738. The third-order valence-corrected chi connectivity index (χ3v) is 1.52. The van der Waals surface area contributed by atoms with E-state index in [0.29, 0.717) is 5.33 Å². The largest absolute Gasteiger partial charge is 0.508 e. The molecule has 0 unspecified atom stereocenters. The monoisotopic (exact) mass is 228 g/mol. The maximum atomic E-state index is 12.9. The summed E-state index contributed by atoms with van der Waals surface area (Å²) in [6.45, 7) is 0. The quantitative estimate of drug-likeness (QED) is 0.534. The summed E-state index contributed by atoms with van der Waals surface area (Å²) in [5.41, 5.74) is 0.217. The summed E-state index contributed by atoms with van der Waals surface area (Å²) in [5.74, 6) is 4.83. The summed E-state index contributed by atoms with van der Waals surface area (Å²) in [4.78, 5) is 0. The maximum absolute atomic E-state index is 12.9. The van der Waals surface area contributed by atoms with Gasteiger partial charge >= 0.3 is 0 Å². The zero-order valence-corrected chi connectivity index (χ0v) is 7.73. The number of aromatic hydroxyl groups is 1. The van der Waals surface area contributed by atoms with E-state index < -0.39 is 5.82 Å². The van der Waals surface area contributed by atoms with Crippen molar-refractivity contribution in [2.75, 3.05) is 5.33 Å². The van der Waals surface area contributed by atoms with E-state index in [1.165, 1.54) is 18.2 Å². The Kier molecular flexibility index (Phi) is 3.12. The summed E-state index contributed by atoms with van der Waals surface area (Å²) >= 11 is 3.09. The first-order valence-corrected chi connectivity index (χ1v) is 4.39. The van der Waals surface area contributed by atoms with Crippen molar-refractivity contribution in [3.8, 4) is 17.6 Å². The van der Waals surface area contributed by atoms with Crippen LogP contribution in [0.3, 0.4) is 0 Å². The molecule has 0 saturated carbocycles. The van der Waals surface area contributed by atoms with Gasteiger partial charge in [-0.25, -0.2) is 4.39 Å². The lowest BCUT2D eigenvalue weighted by Crippen LogP contribution is -1.81. The lowest BCUT2D eigenvalue weighted by atomic mass is 10.2. The molecular weight excluding hydrogens is 223 g/mol. The van der Waals surface area contributed by atoms with Gasteiger partial charge in [-0.1, -0.05) is 27.8 Å². The Bertz CT molecular complexity index is 338. The van der Waals surface area contributed by atoms with Gasteiger partial charge in [0.2, 0.25) is 0 Å². The van der Waals surface area contributed by atoms with Crippen LogP contribution >= 0.6 is 15.9 Å². The maximum Gasteiger partial charge on any atom is 0.139 e. The first-order chi connectivity index (χ1) is 5.74. The highest BCUT2D eigenvalue weighted by Gasteiger charge is 1.98. The first kappa shape index (κ1) is 9.08. The molecule has 1 aromatic rings. The average Bonchev–Trinajstić information content (AvgIpc) is 2.07. The fourth-order valence-corrected chi connectivity index (χ4v) is 0.878. The van der Waals surface area contributed by atoms with Crippen molar-refractivity contribution >= 4 is 15.9 Å². The van der Waals surface area contributed by atoms with Crippen LogP contribution in [-0.4, -0.2) is 10.4 Å². The minimum absolute atomic E-state index is 0.0234. The zero-order valence-electron chi connectivity index (χ0n) is 6.14. The summed E-state index contributed by atoms with van der Waals surface area (Å²) in [6, 6.07) is 3.77. The smallest absolute Gasteiger partial charge is 0.139 e. The number of rotatable bonds is 0. The van der Waals surface area contributed by atoms with Gasteiger partial charge in [0.25, 0.3) is 0 Å². The summed E-state index contributed by atoms with van der Waals surface area (Å²) < 4.78 is 12.9. The zero-order chi connectivity index (χ0) is 8.97. The van der Waals surface area contributed by atoms with Crippen LogP contribution < -0.4 is 0 Å². The molecule has 0 spiro atoms. The number of hydrogen-bond donors (Lipinski definition) is 1. The highest BCUT2D eigenvalue weighted by atomic mass is 79.9. The molecule has 1 nitrogen and oxygen atoms in total. The molecule has 0 aliphatic rings. The predicted molar refractivity (Wildman–Crippen MR) is 48.7 cm³/mol. The van der Waals surface area contributed by atoms with Crippen molar-refractivity contribution in [3.05, 3.63) is 29.6 Å². The van der Waals surface area contributed by atoms with E-state index in [9.17, 15) is 4.39 Å². The van der Waals surface area contributed by atoms with Gasteiger partial charge in [0.05, 0.1) is 10.9 Å². The van der Waals surface area contributed by atoms with Gasteiger partial charge < -0.3 is 5.11 Å². The highest BCUT2D eigenvalue weighted by molar-refractivity contribution is 9.09. The molecule has 0 atom stereocenters. The second kappa shape index (κ2) is 4.13. The molecule has 12 heavy (non-hydrogen) atoms. The molecule has 0 aliphatic heterocycles. The number of alkyl halides is 1. The second-order valence-electron chi connectivity index (χ2n) is 2.10. The van der Waals surface area contributed by atoms with Gasteiger partial charge in [0.15, 0.2) is 0 Å². The molecule has 0 fully saturated rings. The van der Waals surface area contributed by atoms with Crippen LogP contribution in [0.4, 0.5) is 4.39 Å². The number of hydrogen-bond acceptors (Lipinski definition) is 1. The van der Waals surface area contributed by atoms with E-state index in [1.54, 1.807) is 0 Å². The standard InChI is InChI=1S/C9H6BrFO/c10-5-1-2-7-6-8(12)3-4-9(7)11/h3-4,6,12H,5H2. The third kappa shape index (κ3) is 2.24. The van der Waals surface area contributed by atoms with Crippen molar-refractivity contribution in [2.45, 2.75) is 0 Å². The van der Waals surface area contributed by atoms with E-state index in [0.717, 1.165) is 0 Å². The SMILES string of the molecule is Oc1ccc(F)c(C#CCBr)c1. The Morgan fingerprint density at radius 1 is 1.50 bits per heavy atom. The summed E-state index contributed by atoms with van der Waals surface area (Å²) in [6.07, 6.45) is 0. The molecule has 0 amide bonds. The third-order valence-electron chi connectivity index (χ3n) is 1.24. The predicted octanol–water partition coefficient (Wildman–Crippen LogP) is 2.28. The van der Waals surface area contributed by atoms with Crippen LogP contribution in [0.2, 0.25) is 0 Å². The van der Waals surface area contributed by atoms with E-state index in [4.69, 9.17) is 5.11 Å². The van der Waals surface area contributed by atoms with Crippen LogP contribution in [0.15, 0.2) is 18.2 Å². The van der Waals surface area contributed by atoms with Gasteiger partial charge in [0, 0.05) is 0 Å². The lowest BCUT2D eigenvalue weighted by Gasteiger charge is -1.94. The Hall–Kier alpha value is -1.01. The summed E-state index contributed by atoms with van der Waals surface area (Å²) in [5, 5.41) is 9.48. The lowest BCUT2D eigenvalue weighted by molar-refractivity contribution is 0.472. The molecule has 0 saturated heterocycles. The second-order valence-corrected chi connectivity index (χ2v) is 2.66. The van der Waals surface area contributed by atoms with Gasteiger partial charge in [-0.2, -0.15) is 0 Å². The Balaban J connectivity index is 3.05. The van der Waals surface area contributed by atoms with Crippen LogP contribution in [0.25, 0.3) is 0 Å². The van der Waals surface area contributed by atoms with Crippen LogP contribution in [0, 0.1) is 17.7 Å². The van der Waals surface area contributed by atoms with Crippen LogP contribution in [0.1, 0.15) is 5.56 Å². The van der Waals surface area contributed by atoms with Gasteiger partial charge in [-0.15, -0.1) is 0 Å². The Labute approximate surface area is 78.4 Å². The van der Waals surface area contributed by atoms with Crippen LogP contribution in [-0.2, 0) is 0 Å². The number of phenolic OH excluding ortho intramolecular Hbond substituents is 1. The summed E-state index contributed by atoms with van der Waals surface area (Å²) in [7, 11) is 0. The molecule has 1 N–H and O–H groups in total. The minimum Gasteiger partial charge on any atom is -0.508 e. The van der Waals surface area contributed by atoms with E-state index >= 15 is 0 Å². The van der Waals surface area contributed by atoms with Crippen LogP contribution in [0.5, 0.6) is 5.75 Å². The van der Waals surface area contributed by atoms with E-state index in [2.05, 4.69) is 27.8 Å². The molecule has 1 rings (SSSR count). The molecule has 0 aromatic heterocycles. The molecule has 0 bridgehead atoms. The molecule has 62 valence electrons. The molecule has 0 aliphatic carbocycles. The normalized spacial score (nSPS) is 8.83. The van der Waals surface area contributed by atoms with Crippen molar-refractivity contribution in [1.82, 2.24) is 0 Å². The van der Waals surface area contributed by atoms with Crippen molar-refractivity contribution in [1.29, 1.82) is 0 Å². The fraction of sp³-hybridized carbons (Fsp3) is 0.111. The Morgan fingerprint density at radius 3 is 2.92 bits per heavy atom. The van der Waals surface area contributed by atoms with Gasteiger partial charge in [-0.05, 0) is 18.2 Å². The van der Waals surface area contributed by atoms with Crippen molar-refractivity contribution in [3.63, 3.8) is 0 Å². The van der Waals surface area contributed by atoms with E-state index in [1.807, 2.05) is 0 Å². The average molecular weight is 229 g/mol. The highest BCUT2D eigenvalue weighted by Crippen LogP contribution is 2.13. The molecule has 0 radical (unpaired) electrons. The topological polar surface area (TPSA) is 20.2 Å². The molecular formula is C9H6BrFO. The number of phenols is 1.